The number of rotatable bonds is 4. The Kier molecular flexibility index (Phi) is 3.77. The van der Waals surface area contributed by atoms with Crippen molar-refractivity contribution in [1.82, 2.24) is 9.97 Å². The van der Waals surface area contributed by atoms with Crippen LogP contribution in [0.5, 0.6) is 0 Å². The van der Waals surface area contributed by atoms with Crippen LogP contribution in [-0.4, -0.2) is 15.3 Å². The molecule has 2 aromatic rings. The molecule has 0 aliphatic rings. The Morgan fingerprint density at radius 2 is 2.19 bits per heavy atom. The predicted molar refractivity (Wildman–Crippen MR) is 70.2 cm³/mol. The van der Waals surface area contributed by atoms with Gasteiger partial charge < -0.3 is 0 Å². The quantitative estimate of drug-likeness (QED) is 0.774. The lowest BCUT2D eigenvalue weighted by Gasteiger charge is -2.11. The molecule has 0 aliphatic heterocycles. The van der Waals surface area contributed by atoms with Crippen LogP contribution in [0, 0.1) is 5.92 Å². The summed E-state index contributed by atoms with van der Waals surface area (Å²) in [5.74, 6) is 0.628. The SMILES string of the molecule is CC(C)CC(Cl)Cc1ncnc2ccsc12. The highest BCUT2D eigenvalue weighted by molar-refractivity contribution is 7.17. The van der Waals surface area contributed by atoms with Crippen LogP contribution in [0.25, 0.3) is 10.2 Å². The minimum atomic E-state index is 0.167. The van der Waals surface area contributed by atoms with Gasteiger partial charge in [-0.25, -0.2) is 9.97 Å². The molecule has 0 aliphatic carbocycles. The summed E-state index contributed by atoms with van der Waals surface area (Å²) in [5.41, 5.74) is 2.11. The van der Waals surface area contributed by atoms with Gasteiger partial charge in [-0.3, -0.25) is 0 Å². The number of thiophene rings is 1. The zero-order valence-electron chi connectivity index (χ0n) is 9.48. The van der Waals surface area contributed by atoms with Gasteiger partial charge in [0.05, 0.1) is 15.9 Å². The molecule has 4 heteroatoms. The first kappa shape index (κ1) is 11.8. The molecule has 16 heavy (non-hydrogen) atoms. The molecule has 2 nitrogen and oxygen atoms in total. The van der Waals surface area contributed by atoms with E-state index in [1.165, 1.54) is 4.70 Å². The van der Waals surface area contributed by atoms with Gasteiger partial charge >= 0.3 is 0 Å². The van der Waals surface area contributed by atoms with Crippen LogP contribution in [-0.2, 0) is 6.42 Å². The third-order valence-corrected chi connectivity index (χ3v) is 3.74. The molecule has 2 heterocycles. The number of halogens is 1. The summed E-state index contributed by atoms with van der Waals surface area (Å²) in [6, 6.07) is 2.02. The molecule has 0 N–H and O–H groups in total. The number of aromatic nitrogens is 2. The smallest absolute Gasteiger partial charge is 0.116 e. The van der Waals surface area contributed by atoms with Crippen LogP contribution in [0.15, 0.2) is 17.8 Å². The highest BCUT2D eigenvalue weighted by Crippen LogP contribution is 2.24. The molecule has 0 bridgehead atoms. The van der Waals surface area contributed by atoms with Gasteiger partial charge in [0.25, 0.3) is 0 Å². The molecule has 1 atom stereocenters. The number of hydrogen-bond donors (Lipinski definition) is 0. The maximum absolute atomic E-state index is 6.32. The third kappa shape index (κ3) is 2.71. The van der Waals surface area contributed by atoms with E-state index in [2.05, 4.69) is 29.2 Å². The predicted octanol–water partition coefficient (Wildman–Crippen LogP) is 3.89. The molecule has 0 fully saturated rings. The highest BCUT2D eigenvalue weighted by Gasteiger charge is 2.12. The minimum absolute atomic E-state index is 0.167. The molecule has 0 radical (unpaired) electrons. The van der Waals surface area contributed by atoms with Crippen LogP contribution in [0.4, 0.5) is 0 Å². The van der Waals surface area contributed by atoms with Crippen molar-refractivity contribution in [3.05, 3.63) is 23.5 Å². The van der Waals surface area contributed by atoms with E-state index in [0.717, 1.165) is 24.1 Å². The maximum atomic E-state index is 6.32. The van der Waals surface area contributed by atoms with E-state index in [1.807, 2.05) is 6.07 Å². The molecule has 86 valence electrons. The second kappa shape index (κ2) is 5.11. The van der Waals surface area contributed by atoms with Gasteiger partial charge in [0.1, 0.15) is 6.33 Å². The first-order chi connectivity index (χ1) is 7.66. The summed E-state index contributed by atoms with van der Waals surface area (Å²) in [4.78, 5) is 8.57. The summed E-state index contributed by atoms with van der Waals surface area (Å²) in [7, 11) is 0. The van der Waals surface area contributed by atoms with Crippen molar-refractivity contribution in [1.29, 1.82) is 0 Å². The van der Waals surface area contributed by atoms with Gasteiger partial charge in [0, 0.05) is 11.8 Å². The van der Waals surface area contributed by atoms with Crippen molar-refractivity contribution in [2.45, 2.75) is 32.1 Å². The zero-order valence-corrected chi connectivity index (χ0v) is 11.1. The van der Waals surface area contributed by atoms with Crippen molar-refractivity contribution in [2.75, 3.05) is 0 Å². The monoisotopic (exact) mass is 254 g/mol. The third-order valence-electron chi connectivity index (χ3n) is 2.46. The number of hydrogen-bond acceptors (Lipinski definition) is 3. The molecule has 0 amide bonds. The van der Waals surface area contributed by atoms with Crippen LogP contribution in [0.3, 0.4) is 0 Å². The molecular formula is C12H15ClN2S. The van der Waals surface area contributed by atoms with Crippen molar-refractivity contribution >= 4 is 33.2 Å². The van der Waals surface area contributed by atoms with E-state index in [4.69, 9.17) is 11.6 Å². The molecule has 0 aromatic carbocycles. The minimum Gasteiger partial charge on any atom is -0.240 e. The van der Waals surface area contributed by atoms with Crippen molar-refractivity contribution in [2.24, 2.45) is 5.92 Å². The number of fused-ring (bicyclic) bond motifs is 1. The van der Waals surface area contributed by atoms with Crippen LogP contribution in [0.1, 0.15) is 26.0 Å². The van der Waals surface area contributed by atoms with Gasteiger partial charge in [-0.05, 0) is 23.8 Å². The van der Waals surface area contributed by atoms with Gasteiger partial charge in [0.15, 0.2) is 0 Å². The molecule has 1 unspecified atom stereocenters. The lowest BCUT2D eigenvalue weighted by Crippen LogP contribution is -2.08. The summed E-state index contributed by atoms with van der Waals surface area (Å²) in [6.07, 6.45) is 3.49. The van der Waals surface area contributed by atoms with Crippen molar-refractivity contribution in [3.8, 4) is 0 Å². The summed E-state index contributed by atoms with van der Waals surface area (Å²) >= 11 is 8.01. The van der Waals surface area contributed by atoms with Crippen molar-refractivity contribution in [3.63, 3.8) is 0 Å². The first-order valence-electron chi connectivity index (χ1n) is 5.48. The largest absolute Gasteiger partial charge is 0.240 e. The highest BCUT2D eigenvalue weighted by atomic mass is 35.5. The van der Waals surface area contributed by atoms with E-state index in [9.17, 15) is 0 Å². The fourth-order valence-electron chi connectivity index (χ4n) is 1.79. The molecule has 0 saturated heterocycles. The van der Waals surface area contributed by atoms with Gasteiger partial charge in [0.2, 0.25) is 0 Å². The Morgan fingerprint density at radius 1 is 1.38 bits per heavy atom. The lowest BCUT2D eigenvalue weighted by atomic mass is 10.0. The van der Waals surface area contributed by atoms with E-state index < -0.39 is 0 Å². The first-order valence-corrected chi connectivity index (χ1v) is 6.79. The Balaban J connectivity index is 2.17. The Morgan fingerprint density at radius 3 is 2.94 bits per heavy atom. The molecular weight excluding hydrogens is 240 g/mol. The molecule has 0 spiro atoms. The second-order valence-electron chi connectivity index (χ2n) is 4.39. The molecule has 0 saturated carbocycles. The maximum Gasteiger partial charge on any atom is 0.116 e. The average Bonchev–Trinajstić information content (AvgIpc) is 2.65. The second-order valence-corrected chi connectivity index (χ2v) is 5.92. The average molecular weight is 255 g/mol. The summed E-state index contributed by atoms with van der Waals surface area (Å²) < 4.78 is 1.18. The van der Waals surface area contributed by atoms with Crippen LogP contribution < -0.4 is 0 Å². The van der Waals surface area contributed by atoms with Crippen LogP contribution in [0.2, 0.25) is 0 Å². The number of alkyl halides is 1. The summed E-state index contributed by atoms with van der Waals surface area (Å²) in [5, 5.41) is 2.22. The van der Waals surface area contributed by atoms with Gasteiger partial charge in [-0.15, -0.1) is 22.9 Å². The Labute approximate surface area is 105 Å². The van der Waals surface area contributed by atoms with Gasteiger partial charge in [-0.2, -0.15) is 0 Å². The Hall–Kier alpha value is -0.670. The molecule has 2 rings (SSSR count). The van der Waals surface area contributed by atoms with E-state index >= 15 is 0 Å². The molecule has 2 aromatic heterocycles. The Bertz CT molecular complexity index is 467. The standard InChI is InChI=1S/C12H15ClN2S/c1-8(2)5-9(13)6-11-12-10(3-4-16-12)14-7-15-11/h3-4,7-9H,5-6H2,1-2H3. The van der Waals surface area contributed by atoms with E-state index in [1.54, 1.807) is 17.7 Å². The topological polar surface area (TPSA) is 25.8 Å². The van der Waals surface area contributed by atoms with E-state index in [-0.39, 0.29) is 5.38 Å². The number of nitrogens with zero attached hydrogens (tertiary/aromatic N) is 2. The lowest BCUT2D eigenvalue weighted by molar-refractivity contribution is 0.560. The normalized spacial score (nSPS) is 13.5. The van der Waals surface area contributed by atoms with Crippen LogP contribution >= 0.6 is 22.9 Å². The van der Waals surface area contributed by atoms with Crippen molar-refractivity contribution < 1.29 is 0 Å². The fraction of sp³-hybridized carbons (Fsp3) is 0.500. The summed E-state index contributed by atoms with van der Waals surface area (Å²) in [6.45, 7) is 4.38. The fourth-order valence-corrected chi connectivity index (χ4v) is 3.14. The van der Waals surface area contributed by atoms with Gasteiger partial charge in [-0.1, -0.05) is 13.8 Å². The van der Waals surface area contributed by atoms with E-state index in [0.29, 0.717) is 5.92 Å². The zero-order chi connectivity index (χ0) is 11.5.